The number of aromatic amines is 2. The van der Waals surface area contributed by atoms with Crippen LogP contribution in [0.4, 0.5) is 13.2 Å². The summed E-state index contributed by atoms with van der Waals surface area (Å²) in [5, 5.41) is 26.8. The maximum atomic E-state index is 14.3. The van der Waals surface area contributed by atoms with Gasteiger partial charge in [0, 0.05) is 24.6 Å². The molecule has 1 aromatic carbocycles. The highest BCUT2D eigenvalue weighted by atomic mass is 35.5. The van der Waals surface area contributed by atoms with Crippen molar-refractivity contribution in [3.8, 4) is 0 Å². The Morgan fingerprint density at radius 2 is 1.95 bits per heavy atom. The lowest BCUT2D eigenvalue weighted by Gasteiger charge is -2.42. The molecule has 3 aromatic rings. The predicted molar refractivity (Wildman–Crippen MR) is 136 cm³/mol. The van der Waals surface area contributed by atoms with E-state index in [9.17, 15) is 18.0 Å². The molecule has 1 amide bonds. The van der Waals surface area contributed by atoms with Gasteiger partial charge in [0.15, 0.2) is 11.5 Å². The van der Waals surface area contributed by atoms with E-state index in [0.717, 1.165) is 45.2 Å². The van der Waals surface area contributed by atoms with Crippen molar-refractivity contribution in [3.63, 3.8) is 0 Å². The van der Waals surface area contributed by atoms with E-state index in [1.165, 1.54) is 16.8 Å². The molecular formula is C27H30ClF3N7O3+. The Morgan fingerprint density at radius 3 is 2.63 bits per heavy atom. The van der Waals surface area contributed by atoms with Crippen molar-refractivity contribution >= 4 is 23.5 Å². The lowest BCUT2D eigenvalue weighted by molar-refractivity contribution is -0.640. The van der Waals surface area contributed by atoms with Crippen molar-refractivity contribution in [1.29, 1.82) is 0 Å². The molecule has 1 aliphatic carbocycles. The largest absolute Gasteiger partial charge is 0.542 e. The SMILES string of the molecule is O=C([C@@H]1C[NH2+]C[C@]12CCCc1[nH+]c(Cl)ccc12)N1CC[C@@H](c2ccccc2)CC1c1nn[nH]n1.O=C([O-])C(F)(F)F. The molecule has 2 fully saturated rings. The molecule has 2 aromatic heterocycles. The molecule has 10 nitrogen and oxygen atoms in total. The third kappa shape index (κ3) is 5.91. The van der Waals surface area contributed by atoms with Gasteiger partial charge >= 0.3 is 6.18 Å². The highest BCUT2D eigenvalue weighted by molar-refractivity contribution is 6.28. The van der Waals surface area contributed by atoms with Crippen molar-refractivity contribution in [3.05, 3.63) is 70.3 Å². The van der Waals surface area contributed by atoms with E-state index in [1.807, 2.05) is 17.0 Å². The van der Waals surface area contributed by atoms with Gasteiger partial charge < -0.3 is 20.1 Å². The summed E-state index contributed by atoms with van der Waals surface area (Å²) in [5.41, 5.74) is 3.60. The zero-order valence-corrected chi connectivity index (χ0v) is 22.8. The average Bonchev–Trinajstić information content (AvgIpc) is 3.64. The number of carboxylic acids is 1. The molecule has 1 unspecified atom stereocenters. The smallest absolute Gasteiger partial charge is 0.430 e. The highest BCUT2D eigenvalue weighted by Gasteiger charge is 2.56. The Morgan fingerprint density at radius 1 is 1.20 bits per heavy atom. The quantitative estimate of drug-likeness (QED) is 0.432. The molecule has 4 N–H and O–H groups in total. The fourth-order valence-electron chi connectivity index (χ4n) is 6.69. The lowest BCUT2D eigenvalue weighted by atomic mass is 9.65. The van der Waals surface area contributed by atoms with E-state index in [1.54, 1.807) is 0 Å². The predicted octanol–water partition coefficient (Wildman–Crippen LogP) is 0.881. The summed E-state index contributed by atoms with van der Waals surface area (Å²) in [4.78, 5) is 28.5. The number of hydrogen-bond donors (Lipinski definition) is 2. The fraction of sp³-hybridized carbons (Fsp3) is 0.481. The van der Waals surface area contributed by atoms with E-state index in [-0.39, 0.29) is 23.3 Å². The van der Waals surface area contributed by atoms with Gasteiger partial charge in [-0.05, 0) is 54.8 Å². The second-order valence-corrected chi connectivity index (χ2v) is 11.1. The first kappa shape index (κ1) is 28.9. The Hall–Kier alpha value is -3.58. The molecule has 14 heteroatoms. The molecule has 1 spiro atoms. The molecule has 4 atom stereocenters. The fourth-order valence-corrected chi connectivity index (χ4v) is 6.87. The Balaban J connectivity index is 0.000000431. The summed E-state index contributed by atoms with van der Waals surface area (Å²) >= 11 is 6.27. The number of carboxylic acid groups (broad SMARTS) is 1. The number of aliphatic carboxylic acids is 1. The number of quaternary nitrogens is 1. The maximum Gasteiger partial charge on any atom is 0.430 e. The number of amides is 1. The number of hydrogen-bond acceptors (Lipinski definition) is 6. The Kier molecular flexibility index (Phi) is 8.28. The highest BCUT2D eigenvalue weighted by Crippen LogP contribution is 2.45. The first-order valence-electron chi connectivity index (χ1n) is 13.5. The molecule has 0 saturated carbocycles. The van der Waals surface area contributed by atoms with Gasteiger partial charge in [-0.1, -0.05) is 35.5 Å². The van der Waals surface area contributed by atoms with Crippen molar-refractivity contribution in [2.45, 2.75) is 55.7 Å². The number of nitrogens with zero attached hydrogens (tertiary/aromatic N) is 4. The number of nitrogens with two attached hydrogens (primary N) is 1. The Labute approximate surface area is 238 Å². The minimum absolute atomic E-state index is 0.0798. The van der Waals surface area contributed by atoms with E-state index in [0.29, 0.717) is 23.4 Å². The van der Waals surface area contributed by atoms with Crippen LogP contribution >= 0.6 is 11.6 Å². The van der Waals surface area contributed by atoms with Crippen LogP contribution in [0.2, 0.25) is 5.15 Å². The average molecular weight is 593 g/mol. The number of aromatic nitrogens is 5. The van der Waals surface area contributed by atoms with Crippen LogP contribution in [0.5, 0.6) is 0 Å². The topological polar surface area (TPSA) is 146 Å². The van der Waals surface area contributed by atoms with Crippen molar-refractivity contribution < 1.29 is 38.2 Å². The van der Waals surface area contributed by atoms with Crippen molar-refractivity contribution in [2.24, 2.45) is 5.92 Å². The molecule has 0 radical (unpaired) electrons. The zero-order chi connectivity index (χ0) is 29.2. The summed E-state index contributed by atoms with van der Waals surface area (Å²) in [6, 6.07) is 14.5. The monoisotopic (exact) mass is 592 g/mol. The molecule has 6 rings (SSSR count). The van der Waals surface area contributed by atoms with Crippen molar-refractivity contribution in [1.82, 2.24) is 25.5 Å². The normalized spacial score (nSPS) is 25.8. The number of piperidine rings is 1. The van der Waals surface area contributed by atoms with Crippen LogP contribution in [0, 0.1) is 5.92 Å². The van der Waals surface area contributed by atoms with Gasteiger partial charge in [0.2, 0.25) is 5.91 Å². The van der Waals surface area contributed by atoms with E-state index in [4.69, 9.17) is 21.5 Å². The number of benzene rings is 1. The minimum atomic E-state index is -5.19. The molecule has 41 heavy (non-hydrogen) atoms. The number of nitrogens with one attached hydrogen (secondary N) is 2. The third-order valence-corrected chi connectivity index (χ3v) is 8.72. The number of likely N-dealkylation sites (tertiary alicyclic amines) is 1. The van der Waals surface area contributed by atoms with E-state index >= 15 is 0 Å². The first-order valence-corrected chi connectivity index (χ1v) is 13.9. The zero-order valence-electron chi connectivity index (χ0n) is 22.0. The van der Waals surface area contributed by atoms with Crippen LogP contribution in [-0.4, -0.2) is 63.2 Å². The number of fused-ring (bicyclic) bond motifs is 2. The molecule has 2 aliphatic heterocycles. The third-order valence-electron chi connectivity index (χ3n) is 8.50. The Bertz CT molecular complexity index is 1380. The van der Waals surface area contributed by atoms with E-state index < -0.39 is 12.1 Å². The molecule has 2 saturated heterocycles. The van der Waals surface area contributed by atoms with E-state index in [2.05, 4.69) is 61.3 Å². The van der Waals surface area contributed by atoms with Gasteiger partial charge in [-0.25, -0.2) is 0 Å². The molecule has 4 heterocycles. The standard InChI is InChI=1S/C25H28ClN7O.C2HF3O2/c26-22-9-8-18-20(28-22)7-4-11-25(18)15-27-14-19(25)24(34)33-12-10-17(16-5-2-1-3-6-16)13-21(33)23-29-31-32-30-23;3-2(4,5)1(6)7/h1-3,5-6,8-9,17,19,21,27H,4,7,10-15H2,(H,29,30,31,32);(H,6,7)/p+1/t17-,19+,21?,25+;/m1./s1. The minimum Gasteiger partial charge on any atom is -0.542 e. The van der Waals surface area contributed by atoms with Crippen LogP contribution in [0.25, 0.3) is 0 Å². The number of aryl methyl sites for hydroxylation is 1. The van der Waals surface area contributed by atoms with Gasteiger partial charge in [-0.15, -0.1) is 10.2 Å². The summed E-state index contributed by atoms with van der Waals surface area (Å²) in [6.07, 6.45) is -0.389. The number of H-pyrrole nitrogens is 2. The van der Waals surface area contributed by atoms with Gasteiger partial charge in [0.1, 0.15) is 11.9 Å². The molecule has 218 valence electrons. The summed E-state index contributed by atoms with van der Waals surface area (Å²) in [7, 11) is 0. The summed E-state index contributed by atoms with van der Waals surface area (Å²) in [6.45, 7) is 2.43. The number of rotatable bonds is 3. The van der Waals surface area contributed by atoms with Crippen molar-refractivity contribution in [2.75, 3.05) is 19.6 Å². The van der Waals surface area contributed by atoms with Crippen LogP contribution in [0.1, 0.15) is 60.3 Å². The maximum absolute atomic E-state index is 14.3. The number of halogens is 4. The van der Waals surface area contributed by atoms with Crippen LogP contribution in [0.3, 0.4) is 0 Å². The number of carbonyl (C=O) groups excluding carboxylic acids is 2. The molecule has 0 bridgehead atoms. The second-order valence-electron chi connectivity index (χ2n) is 10.7. The number of carbonyl (C=O) groups is 2. The number of tetrazole rings is 1. The van der Waals surface area contributed by atoms with Gasteiger partial charge in [-0.3, -0.25) is 4.79 Å². The van der Waals surface area contributed by atoms with Crippen LogP contribution in [-0.2, 0) is 21.4 Å². The summed E-state index contributed by atoms with van der Waals surface area (Å²) < 4.78 is 31.5. The van der Waals surface area contributed by atoms with Crippen LogP contribution < -0.4 is 15.4 Å². The van der Waals surface area contributed by atoms with Gasteiger partial charge in [0.25, 0.3) is 5.15 Å². The second kappa shape index (κ2) is 11.7. The first-order chi connectivity index (χ1) is 19.6. The van der Waals surface area contributed by atoms with Gasteiger partial charge in [0.05, 0.1) is 24.5 Å². The number of pyridine rings is 1. The van der Waals surface area contributed by atoms with Crippen LogP contribution in [0.15, 0.2) is 42.5 Å². The summed E-state index contributed by atoms with van der Waals surface area (Å²) in [5.74, 6) is -1.90. The molecule has 3 aliphatic rings. The molecular weight excluding hydrogens is 563 g/mol. The lowest BCUT2D eigenvalue weighted by Crippen LogP contribution is -2.82. The van der Waals surface area contributed by atoms with Gasteiger partial charge in [-0.2, -0.15) is 23.4 Å². The number of alkyl halides is 3.